The molecule has 2 aromatic heterocycles. The van der Waals surface area contributed by atoms with Gasteiger partial charge in [0, 0.05) is 5.56 Å². The SMILES string of the molecule is CCCCCCc1nc(N)nc2ncn(Cc3ccc(C(=O)OC)cc3OC)c12. The molecule has 154 valence electrons. The summed E-state index contributed by atoms with van der Waals surface area (Å²) < 4.78 is 12.3. The highest BCUT2D eigenvalue weighted by atomic mass is 16.5. The number of aryl methyl sites for hydroxylation is 1. The van der Waals surface area contributed by atoms with Gasteiger partial charge in [-0.2, -0.15) is 4.98 Å². The van der Waals surface area contributed by atoms with Crippen LogP contribution in [0.5, 0.6) is 5.75 Å². The molecular formula is C21H27N5O3. The second-order valence-corrected chi connectivity index (χ2v) is 6.90. The molecule has 0 aliphatic rings. The standard InChI is InChI=1S/C21H27N5O3/c1-4-5-6-7-8-16-18-19(25-21(22)24-16)23-13-26(18)12-15-10-9-14(20(27)29-3)11-17(15)28-2/h9-11,13H,4-8,12H2,1-3H3,(H2,22,24,25). The lowest BCUT2D eigenvalue weighted by atomic mass is 10.1. The molecule has 8 heteroatoms. The summed E-state index contributed by atoms with van der Waals surface area (Å²) in [5.41, 5.74) is 9.62. The fourth-order valence-electron chi connectivity index (χ4n) is 3.39. The molecule has 2 heterocycles. The van der Waals surface area contributed by atoms with Gasteiger partial charge in [0.25, 0.3) is 0 Å². The van der Waals surface area contributed by atoms with Crippen molar-refractivity contribution in [3.63, 3.8) is 0 Å². The van der Waals surface area contributed by atoms with Crippen LogP contribution in [0, 0.1) is 0 Å². The molecule has 0 saturated heterocycles. The molecule has 0 fully saturated rings. The fraction of sp³-hybridized carbons (Fsp3) is 0.429. The molecule has 2 N–H and O–H groups in total. The van der Waals surface area contributed by atoms with E-state index in [1.54, 1.807) is 25.6 Å². The van der Waals surface area contributed by atoms with Crippen LogP contribution >= 0.6 is 0 Å². The molecule has 0 spiro atoms. The van der Waals surface area contributed by atoms with Crippen molar-refractivity contribution in [1.29, 1.82) is 0 Å². The Morgan fingerprint density at radius 1 is 1.17 bits per heavy atom. The van der Waals surface area contributed by atoms with Crippen LogP contribution in [0.15, 0.2) is 24.5 Å². The lowest BCUT2D eigenvalue weighted by molar-refractivity contribution is 0.0600. The van der Waals surface area contributed by atoms with Crippen LogP contribution < -0.4 is 10.5 Å². The van der Waals surface area contributed by atoms with Crippen molar-refractivity contribution in [2.45, 2.75) is 45.6 Å². The minimum Gasteiger partial charge on any atom is -0.496 e. The number of hydrogen-bond donors (Lipinski definition) is 1. The number of carbonyl (C=O) groups excluding carboxylic acids is 1. The van der Waals surface area contributed by atoms with E-state index in [0.29, 0.717) is 23.5 Å². The van der Waals surface area contributed by atoms with Crippen LogP contribution in [-0.2, 0) is 17.7 Å². The normalized spacial score (nSPS) is 11.0. The number of benzene rings is 1. The largest absolute Gasteiger partial charge is 0.496 e. The fourth-order valence-corrected chi connectivity index (χ4v) is 3.39. The van der Waals surface area contributed by atoms with Gasteiger partial charge < -0.3 is 19.8 Å². The van der Waals surface area contributed by atoms with Crippen molar-refractivity contribution >= 4 is 23.1 Å². The predicted octanol–water partition coefficient (Wildman–Crippen LogP) is 3.37. The third-order valence-corrected chi connectivity index (χ3v) is 4.88. The molecule has 0 atom stereocenters. The van der Waals surface area contributed by atoms with Crippen molar-refractivity contribution in [1.82, 2.24) is 19.5 Å². The number of rotatable bonds is 9. The van der Waals surface area contributed by atoms with Gasteiger partial charge >= 0.3 is 5.97 Å². The van der Waals surface area contributed by atoms with Gasteiger partial charge in [-0.15, -0.1) is 0 Å². The Hall–Kier alpha value is -3.16. The summed E-state index contributed by atoms with van der Waals surface area (Å²) in [5.74, 6) is 0.449. The van der Waals surface area contributed by atoms with Gasteiger partial charge in [0.05, 0.1) is 38.3 Å². The molecule has 0 amide bonds. The summed E-state index contributed by atoms with van der Waals surface area (Å²) in [6.07, 6.45) is 7.14. The highest BCUT2D eigenvalue weighted by Crippen LogP contribution is 2.25. The summed E-state index contributed by atoms with van der Waals surface area (Å²) >= 11 is 0. The van der Waals surface area contributed by atoms with Crippen molar-refractivity contribution in [3.05, 3.63) is 41.3 Å². The molecule has 3 rings (SSSR count). The number of ether oxygens (including phenoxy) is 2. The third-order valence-electron chi connectivity index (χ3n) is 4.88. The first-order valence-corrected chi connectivity index (χ1v) is 9.79. The Labute approximate surface area is 170 Å². The molecule has 0 aliphatic heterocycles. The molecule has 0 saturated carbocycles. The van der Waals surface area contributed by atoms with Crippen LogP contribution in [0.4, 0.5) is 5.95 Å². The number of fused-ring (bicyclic) bond motifs is 1. The Morgan fingerprint density at radius 3 is 2.72 bits per heavy atom. The summed E-state index contributed by atoms with van der Waals surface area (Å²) in [4.78, 5) is 25.0. The third kappa shape index (κ3) is 4.64. The Balaban J connectivity index is 1.93. The smallest absolute Gasteiger partial charge is 0.337 e. The van der Waals surface area contributed by atoms with Crippen molar-refractivity contribution in [3.8, 4) is 5.75 Å². The van der Waals surface area contributed by atoms with E-state index in [2.05, 4.69) is 21.9 Å². The van der Waals surface area contributed by atoms with Gasteiger partial charge in [-0.1, -0.05) is 32.3 Å². The number of aromatic nitrogens is 4. The Morgan fingerprint density at radius 2 is 2.00 bits per heavy atom. The maximum Gasteiger partial charge on any atom is 0.337 e. The number of nitrogens with zero attached hydrogens (tertiary/aromatic N) is 4. The van der Waals surface area contributed by atoms with Gasteiger partial charge in [-0.25, -0.2) is 14.8 Å². The van der Waals surface area contributed by atoms with Gasteiger partial charge in [-0.3, -0.25) is 0 Å². The van der Waals surface area contributed by atoms with Gasteiger partial charge in [0.2, 0.25) is 5.95 Å². The Bertz CT molecular complexity index is 999. The van der Waals surface area contributed by atoms with Crippen molar-refractivity contribution in [2.75, 3.05) is 20.0 Å². The molecule has 0 radical (unpaired) electrons. The minimum atomic E-state index is -0.402. The number of anilines is 1. The summed E-state index contributed by atoms with van der Waals surface area (Å²) in [7, 11) is 2.93. The minimum absolute atomic E-state index is 0.244. The average Bonchev–Trinajstić information content (AvgIpc) is 3.13. The van der Waals surface area contributed by atoms with E-state index < -0.39 is 5.97 Å². The first-order valence-electron chi connectivity index (χ1n) is 9.79. The van der Waals surface area contributed by atoms with E-state index in [-0.39, 0.29) is 5.95 Å². The maximum absolute atomic E-state index is 11.8. The zero-order valence-electron chi connectivity index (χ0n) is 17.1. The highest BCUT2D eigenvalue weighted by Gasteiger charge is 2.15. The molecule has 0 unspecified atom stereocenters. The van der Waals surface area contributed by atoms with Crippen LogP contribution in [0.2, 0.25) is 0 Å². The van der Waals surface area contributed by atoms with Gasteiger partial charge in [0.15, 0.2) is 5.65 Å². The first kappa shape index (κ1) is 20.6. The second-order valence-electron chi connectivity index (χ2n) is 6.90. The number of imidazole rings is 1. The molecule has 1 aromatic carbocycles. The maximum atomic E-state index is 11.8. The van der Waals surface area contributed by atoms with Gasteiger partial charge in [0.1, 0.15) is 11.3 Å². The zero-order valence-corrected chi connectivity index (χ0v) is 17.1. The summed E-state index contributed by atoms with van der Waals surface area (Å²) in [6.45, 7) is 2.70. The number of carbonyl (C=O) groups is 1. The van der Waals surface area contributed by atoms with Crippen LogP contribution in [0.1, 0.15) is 54.2 Å². The van der Waals surface area contributed by atoms with E-state index in [1.165, 1.54) is 20.0 Å². The van der Waals surface area contributed by atoms with Crippen LogP contribution in [0.25, 0.3) is 11.2 Å². The summed E-state index contributed by atoms with van der Waals surface area (Å²) in [6, 6.07) is 5.26. The van der Waals surface area contributed by atoms with Crippen molar-refractivity contribution < 1.29 is 14.3 Å². The number of unbranched alkanes of at least 4 members (excludes halogenated alkanes) is 3. The average molecular weight is 397 g/mol. The van der Waals surface area contributed by atoms with E-state index in [4.69, 9.17) is 15.2 Å². The highest BCUT2D eigenvalue weighted by molar-refractivity contribution is 5.90. The first-order chi connectivity index (χ1) is 14.1. The van der Waals surface area contributed by atoms with Crippen molar-refractivity contribution in [2.24, 2.45) is 0 Å². The molecular weight excluding hydrogens is 370 g/mol. The monoisotopic (exact) mass is 397 g/mol. The molecule has 8 nitrogen and oxygen atoms in total. The van der Waals surface area contributed by atoms with E-state index in [1.807, 2.05) is 10.6 Å². The number of methoxy groups -OCH3 is 2. The number of esters is 1. The van der Waals surface area contributed by atoms with Gasteiger partial charge in [-0.05, 0) is 25.0 Å². The van der Waals surface area contributed by atoms with Crippen LogP contribution in [0.3, 0.4) is 0 Å². The number of hydrogen-bond acceptors (Lipinski definition) is 7. The molecule has 0 aliphatic carbocycles. The number of nitrogen functional groups attached to an aromatic ring is 1. The Kier molecular flexibility index (Phi) is 6.64. The zero-order chi connectivity index (χ0) is 20.8. The van der Waals surface area contributed by atoms with Crippen LogP contribution in [-0.4, -0.2) is 39.7 Å². The number of nitrogens with two attached hydrogens (primary N) is 1. The molecule has 3 aromatic rings. The lowest BCUT2D eigenvalue weighted by Gasteiger charge is -2.12. The predicted molar refractivity (Wildman–Crippen MR) is 111 cm³/mol. The lowest BCUT2D eigenvalue weighted by Crippen LogP contribution is -2.07. The van der Waals surface area contributed by atoms with E-state index >= 15 is 0 Å². The molecule has 0 bridgehead atoms. The van der Waals surface area contributed by atoms with E-state index in [9.17, 15) is 4.79 Å². The topological polar surface area (TPSA) is 105 Å². The second kappa shape index (κ2) is 9.36. The quantitative estimate of drug-likeness (QED) is 0.436. The molecule has 29 heavy (non-hydrogen) atoms. The van der Waals surface area contributed by atoms with E-state index in [0.717, 1.165) is 36.0 Å². The summed E-state index contributed by atoms with van der Waals surface area (Å²) in [5, 5.41) is 0.